The lowest BCUT2D eigenvalue weighted by atomic mass is 16.0. The van der Waals surface area contributed by atoms with Gasteiger partial charge in [0.25, 0.3) is 0 Å². The molecular formula is H5Al2Cl3O. The SMILES string of the molecule is O.[AlH3].[Cl][Al]([Cl])[Cl]. The van der Waals surface area contributed by atoms with Gasteiger partial charge in [0.05, 0.1) is 0 Å². The molecule has 0 aliphatic carbocycles. The molecule has 6 heteroatoms. The molecule has 0 atom stereocenters. The Hall–Kier alpha value is 1.89. The van der Waals surface area contributed by atoms with Gasteiger partial charge >= 0.3 is 11.4 Å². The van der Waals surface area contributed by atoms with Crippen molar-refractivity contribution >= 4 is 58.9 Å². The molecule has 0 radical (unpaired) electrons. The van der Waals surface area contributed by atoms with Crippen LogP contribution in [0.2, 0.25) is 0 Å². The van der Waals surface area contributed by atoms with Crippen LogP contribution < -0.4 is 0 Å². The third-order valence-electron chi connectivity index (χ3n) is 0. The third kappa shape index (κ3) is 39.3. The summed E-state index contributed by atoms with van der Waals surface area (Å²) in [5, 5.41) is 0. The van der Waals surface area contributed by atoms with Gasteiger partial charge in [-0.3, -0.25) is 0 Å². The van der Waals surface area contributed by atoms with Crippen molar-refractivity contribution in [3.8, 4) is 0 Å². The number of hydrogen-bond donors (Lipinski definition) is 0. The van der Waals surface area contributed by atoms with Gasteiger partial charge in [0, 0.05) is 0 Å². The summed E-state index contributed by atoms with van der Waals surface area (Å²) in [6.07, 6.45) is 0. The van der Waals surface area contributed by atoms with E-state index in [1.807, 2.05) is 0 Å². The molecule has 0 heterocycles. The fourth-order valence-electron chi connectivity index (χ4n) is 0. The minimum absolute atomic E-state index is 0. The van der Waals surface area contributed by atoms with Crippen molar-refractivity contribution in [3.63, 3.8) is 0 Å². The van der Waals surface area contributed by atoms with Gasteiger partial charge in [-0.1, -0.05) is 0 Å². The first-order valence-electron chi connectivity index (χ1n) is 0.655. The molecule has 38 valence electrons. The molecule has 0 amide bonds. The van der Waals surface area contributed by atoms with Crippen molar-refractivity contribution < 1.29 is 5.48 Å². The van der Waals surface area contributed by atoms with Gasteiger partial charge in [-0.05, 0) is 0 Å². The second-order valence-corrected chi connectivity index (χ2v) is 6.68. The van der Waals surface area contributed by atoms with Crippen molar-refractivity contribution in [2.75, 3.05) is 0 Å². The molecule has 0 aliphatic rings. The molecule has 0 aromatic heterocycles. The van der Waals surface area contributed by atoms with Gasteiger partial charge in [-0.15, -0.1) is 0 Å². The number of hydrogen-bond acceptors (Lipinski definition) is 0. The Morgan fingerprint density at radius 3 is 1.00 bits per heavy atom. The van der Waals surface area contributed by atoms with E-state index in [0.29, 0.717) is 0 Å². The average Bonchev–Trinajstić information content (AvgIpc) is 0.811. The summed E-state index contributed by atoms with van der Waals surface area (Å²) < 4.78 is 0. The van der Waals surface area contributed by atoms with Crippen LogP contribution >= 0.6 is 30.1 Å². The van der Waals surface area contributed by atoms with Gasteiger partial charge in [0.15, 0.2) is 17.4 Å². The van der Waals surface area contributed by atoms with Gasteiger partial charge in [-0.25, -0.2) is 30.1 Å². The summed E-state index contributed by atoms with van der Waals surface area (Å²) in [5.74, 6) is 0. The second kappa shape index (κ2) is 10.00. The summed E-state index contributed by atoms with van der Waals surface area (Å²) in [7, 11) is 14.8. The molecule has 0 saturated carbocycles. The van der Waals surface area contributed by atoms with Crippen LogP contribution in [-0.2, 0) is 0 Å². The predicted molar refractivity (Wildman–Crippen MR) is 36.9 cm³/mol. The lowest BCUT2D eigenvalue weighted by Crippen LogP contribution is -1.66. The number of rotatable bonds is 0. The van der Waals surface area contributed by atoms with Crippen LogP contribution in [0.4, 0.5) is 0 Å². The molecule has 0 unspecified atom stereocenters. The maximum atomic E-state index is 4.94. The summed E-state index contributed by atoms with van der Waals surface area (Å²) in [4.78, 5) is 0. The Morgan fingerprint density at radius 1 is 1.00 bits per heavy atom. The summed E-state index contributed by atoms with van der Waals surface area (Å²) in [6.45, 7) is 0. The topological polar surface area (TPSA) is 31.5 Å². The minimum Gasteiger partial charge on any atom is -0.412 e. The first kappa shape index (κ1) is 15.7. The molecule has 0 aromatic rings. The first-order chi connectivity index (χ1) is 1.73. The zero-order valence-corrected chi connectivity index (χ0v) is 5.63. The van der Waals surface area contributed by atoms with E-state index in [2.05, 4.69) is 0 Å². The van der Waals surface area contributed by atoms with E-state index in [1.54, 1.807) is 0 Å². The van der Waals surface area contributed by atoms with Crippen molar-refractivity contribution in [2.45, 2.75) is 0 Å². The van der Waals surface area contributed by atoms with Gasteiger partial charge < -0.3 is 5.48 Å². The molecule has 0 bridgehead atoms. The van der Waals surface area contributed by atoms with Crippen LogP contribution in [0.1, 0.15) is 0 Å². The quantitative estimate of drug-likeness (QED) is 0.459. The van der Waals surface area contributed by atoms with E-state index >= 15 is 0 Å². The zero-order chi connectivity index (χ0) is 3.58. The van der Waals surface area contributed by atoms with Crippen LogP contribution in [-0.4, -0.2) is 34.2 Å². The largest absolute Gasteiger partial charge is 0.643 e. The smallest absolute Gasteiger partial charge is 0.412 e. The van der Waals surface area contributed by atoms with E-state index in [-0.39, 0.29) is 22.8 Å². The fourth-order valence-corrected chi connectivity index (χ4v) is 0. The molecular weight excluding hydrogens is 176 g/mol. The van der Waals surface area contributed by atoms with Crippen LogP contribution in [0.5, 0.6) is 0 Å². The van der Waals surface area contributed by atoms with Crippen molar-refractivity contribution in [3.05, 3.63) is 0 Å². The highest BCUT2D eigenvalue weighted by molar-refractivity contribution is 7.54. The van der Waals surface area contributed by atoms with Crippen molar-refractivity contribution in [2.24, 2.45) is 0 Å². The van der Waals surface area contributed by atoms with Gasteiger partial charge in [0.2, 0.25) is 0 Å². The Kier molecular flexibility index (Phi) is 26.1. The molecule has 0 fully saturated rings. The molecule has 0 aliphatic heterocycles. The Bertz CT molecular complexity index is 13.5. The highest BCUT2D eigenvalue weighted by Crippen LogP contribution is 1.97. The van der Waals surface area contributed by atoms with E-state index < -0.39 is 11.4 Å². The van der Waals surface area contributed by atoms with Crippen LogP contribution in [0.25, 0.3) is 0 Å². The molecule has 1 nitrogen and oxygen atoms in total. The van der Waals surface area contributed by atoms with Crippen molar-refractivity contribution in [1.29, 1.82) is 0 Å². The third-order valence-corrected chi connectivity index (χ3v) is 0. The normalized spacial score (nSPS) is 4.50. The lowest BCUT2D eigenvalue weighted by Gasteiger charge is -1.57. The standard InChI is InChI=1S/2Al.3ClH.H2O.3H/h;;3*1H;1H2;;;/q;+3;;;;;;;/p-3. The van der Waals surface area contributed by atoms with E-state index in [9.17, 15) is 0 Å². The summed E-state index contributed by atoms with van der Waals surface area (Å²) >= 11 is -1.72. The lowest BCUT2D eigenvalue weighted by molar-refractivity contribution is 0.824. The highest BCUT2D eigenvalue weighted by Gasteiger charge is 2.00. The second-order valence-electron chi connectivity index (χ2n) is 0.247. The maximum absolute atomic E-state index is 4.94. The predicted octanol–water partition coefficient (Wildman–Crippen LogP) is -0.321. The minimum atomic E-state index is -1.72. The van der Waals surface area contributed by atoms with Gasteiger partial charge in [0.1, 0.15) is 0 Å². The highest BCUT2D eigenvalue weighted by atomic mass is 35.8. The van der Waals surface area contributed by atoms with Crippen LogP contribution in [0.3, 0.4) is 0 Å². The van der Waals surface area contributed by atoms with Crippen LogP contribution in [0.15, 0.2) is 0 Å². The first-order valence-corrected chi connectivity index (χ1v) is 5.89. The van der Waals surface area contributed by atoms with Gasteiger partial charge in [-0.2, -0.15) is 0 Å². The monoisotopic (exact) mass is 180 g/mol. The molecule has 6 heavy (non-hydrogen) atoms. The number of halogens is 3. The van der Waals surface area contributed by atoms with E-state index in [1.165, 1.54) is 0 Å². The molecule has 0 aromatic carbocycles. The van der Waals surface area contributed by atoms with E-state index in [0.717, 1.165) is 0 Å². The fraction of sp³-hybridized carbons (Fsp3) is 0. The Labute approximate surface area is 64.0 Å². The Morgan fingerprint density at radius 2 is 1.00 bits per heavy atom. The zero-order valence-electron chi connectivity index (χ0n) is 2.21. The summed E-state index contributed by atoms with van der Waals surface area (Å²) in [6, 6.07) is 0. The summed E-state index contributed by atoms with van der Waals surface area (Å²) in [5.41, 5.74) is 0. The van der Waals surface area contributed by atoms with E-state index in [4.69, 9.17) is 30.1 Å². The van der Waals surface area contributed by atoms with Crippen LogP contribution in [0, 0.1) is 0 Å². The molecule has 2 N–H and O–H groups in total. The van der Waals surface area contributed by atoms with Crippen molar-refractivity contribution in [1.82, 2.24) is 0 Å². The molecule has 0 saturated heterocycles. The Balaban J connectivity index is -0.0000000450. The molecule has 0 spiro atoms. The molecule has 0 rings (SSSR count). The average molecular weight is 181 g/mol. The maximum Gasteiger partial charge on any atom is 0.643 e.